The van der Waals surface area contributed by atoms with Crippen molar-refractivity contribution < 1.29 is 9.63 Å². The first-order chi connectivity index (χ1) is 5.29. The molecule has 0 aromatic heterocycles. The lowest BCUT2D eigenvalue weighted by molar-refractivity contribution is 0.185. The van der Waals surface area contributed by atoms with Crippen molar-refractivity contribution in [3.63, 3.8) is 0 Å². The van der Waals surface area contributed by atoms with E-state index >= 15 is 0 Å². The maximum Gasteiger partial charge on any atom is 0.345 e. The molecular formula is C7H8N2O2. The summed E-state index contributed by atoms with van der Waals surface area (Å²) in [5.41, 5.74) is 6.77. The molecule has 0 radical (unpaired) electrons. The van der Waals surface area contributed by atoms with Gasteiger partial charge in [0.2, 0.25) is 0 Å². The van der Waals surface area contributed by atoms with Crippen molar-refractivity contribution in [2.45, 2.75) is 0 Å². The fourth-order valence-electron chi connectivity index (χ4n) is 0.598. The maximum absolute atomic E-state index is 10.2. The van der Waals surface area contributed by atoms with E-state index in [4.69, 9.17) is 10.6 Å². The van der Waals surface area contributed by atoms with Gasteiger partial charge in [0.25, 0.3) is 0 Å². The molecule has 1 aromatic rings. The van der Waals surface area contributed by atoms with Gasteiger partial charge in [-0.15, -0.1) is 0 Å². The third kappa shape index (κ3) is 2.57. The van der Waals surface area contributed by atoms with Crippen molar-refractivity contribution in [3.8, 4) is 5.75 Å². The molecule has 0 bridgehead atoms. The Morgan fingerprint density at radius 1 is 1.36 bits per heavy atom. The van der Waals surface area contributed by atoms with Gasteiger partial charge in [-0.05, 0) is 12.1 Å². The minimum absolute atomic E-state index is 0.548. The van der Waals surface area contributed by atoms with E-state index in [0.29, 0.717) is 5.75 Å². The molecule has 0 fully saturated rings. The summed E-state index contributed by atoms with van der Waals surface area (Å²) in [7, 11) is 0. The molecule has 0 unspecified atom stereocenters. The SMILES string of the molecule is NC(=O)NOc1ccccc1. The van der Waals surface area contributed by atoms with Crippen LogP contribution in [0, 0.1) is 0 Å². The summed E-state index contributed by atoms with van der Waals surface area (Å²) >= 11 is 0. The third-order valence-corrected chi connectivity index (χ3v) is 1.01. The van der Waals surface area contributed by atoms with Crippen LogP contribution in [0.2, 0.25) is 0 Å². The minimum Gasteiger partial charge on any atom is -0.378 e. The zero-order valence-electron chi connectivity index (χ0n) is 5.78. The van der Waals surface area contributed by atoms with E-state index in [0.717, 1.165) is 0 Å². The van der Waals surface area contributed by atoms with Gasteiger partial charge in [0.1, 0.15) is 0 Å². The molecule has 1 aromatic carbocycles. The number of urea groups is 1. The first-order valence-electron chi connectivity index (χ1n) is 3.06. The van der Waals surface area contributed by atoms with Gasteiger partial charge in [-0.3, -0.25) is 0 Å². The van der Waals surface area contributed by atoms with Crippen LogP contribution in [0.5, 0.6) is 5.75 Å². The number of nitrogens with two attached hydrogens (primary N) is 1. The highest BCUT2D eigenvalue weighted by Crippen LogP contribution is 2.05. The number of amides is 2. The number of hydroxylamine groups is 1. The number of benzene rings is 1. The topological polar surface area (TPSA) is 64.4 Å². The lowest BCUT2D eigenvalue weighted by Crippen LogP contribution is -2.32. The summed E-state index contributed by atoms with van der Waals surface area (Å²) in [6.45, 7) is 0. The second-order valence-electron chi connectivity index (χ2n) is 1.88. The number of carbonyl (C=O) groups is 1. The summed E-state index contributed by atoms with van der Waals surface area (Å²) in [5.74, 6) is 0.548. The first-order valence-corrected chi connectivity index (χ1v) is 3.06. The minimum atomic E-state index is -0.714. The molecule has 0 heterocycles. The van der Waals surface area contributed by atoms with E-state index in [1.807, 2.05) is 11.5 Å². The van der Waals surface area contributed by atoms with Gasteiger partial charge in [0, 0.05) is 0 Å². The zero-order valence-corrected chi connectivity index (χ0v) is 5.78. The average molecular weight is 152 g/mol. The fraction of sp³-hybridized carbons (Fsp3) is 0. The first kappa shape index (κ1) is 7.40. The van der Waals surface area contributed by atoms with Crippen molar-refractivity contribution in [1.82, 2.24) is 5.48 Å². The summed E-state index contributed by atoms with van der Waals surface area (Å²) in [5, 5.41) is 0. The number of para-hydroxylation sites is 1. The number of nitrogens with one attached hydrogen (secondary N) is 1. The second kappa shape index (κ2) is 3.46. The monoisotopic (exact) mass is 152 g/mol. The zero-order chi connectivity index (χ0) is 8.10. The van der Waals surface area contributed by atoms with E-state index < -0.39 is 6.03 Å². The smallest absolute Gasteiger partial charge is 0.345 e. The van der Waals surface area contributed by atoms with Crippen LogP contribution in [0.4, 0.5) is 4.79 Å². The van der Waals surface area contributed by atoms with Crippen molar-refractivity contribution >= 4 is 6.03 Å². The Balaban J connectivity index is 2.45. The molecular weight excluding hydrogens is 144 g/mol. The predicted molar refractivity (Wildman–Crippen MR) is 39.8 cm³/mol. The summed E-state index contributed by atoms with van der Waals surface area (Å²) in [6.07, 6.45) is 0. The molecule has 0 atom stereocenters. The Kier molecular flexibility index (Phi) is 2.32. The molecule has 0 aliphatic heterocycles. The Bertz CT molecular complexity index is 235. The van der Waals surface area contributed by atoms with Gasteiger partial charge in [-0.25, -0.2) is 4.79 Å². The van der Waals surface area contributed by atoms with Gasteiger partial charge in [-0.2, -0.15) is 5.48 Å². The molecule has 58 valence electrons. The van der Waals surface area contributed by atoms with E-state index in [-0.39, 0.29) is 0 Å². The lowest BCUT2D eigenvalue weighted by Gasteiger charge is -2.02. The Morgan fingerprint density at radius 3 is 2.55 bits per heavy atom. The number of carbonyl (C=O) groups excluding carboxylic acids is 1. The number of primary amides is 1. The molecule has 0 spiro atoms. The normalized spacial score (nSPS) is 8.73. The summed E-state index contributed by atoms with van der Waals surface area (Å²) < 4.78 is 0. The van der Waals surface area contributed by atoms with Gasteiger partial charge in [0.05, 0.1) is 0 Å². The highest BCUT2D eigenvalue weighted by molar-refractivity contribution is 5.70. The van der Waals surface area contributed by atoms with Gasteiger partial charge < -0.3 is 10.6 Å². The molecule has 0 saturated heterocycles. The molecule has 1 rings (SSSR count). The van der Waals surface area contributed by atoms with Crippen LogP contribution in [0.1, 0.15) is 0 Å². The van der Waals surface area contributed by atoms with E-state index in [1.54, 1.807) is 24.3 Å². The highest BCUT2D eigenvalue weighted by atomic mass is 16.7. The molecule has 3 N–H and O–H groups in total. The molecule has 0 saturated carbocycles. The van der Waals surface area contributed by atoms with Crippen LogP contribution >= 0.6 is 0 Å². The van der Waals surface area contributed by atoms with Crippen LogP contribution in [0.15, 0.2) is 30.3 Å². The number of rotatable bonds is 2. The maximum atomic E-state index is 10.2. The van der Waals surface area contributed by atoms with Crippen molar-refractivity contribution in [2.75, 3.05) is 0 Å². The van der Waals surface area contributed by atoms with Crippen LogP contribution in [0.3, 0.4) is 0 Å². The third-order valence-electron chi connectivity index (χ3n) is 1.01. The van der Waals surface area contributed by atoms with Crippen molar-refractivity contribution in [3.05, 3.63) is 30.3 Å². The van der Waals surface area contributed by atoms with E-state index in [9.17, 15) is 4.79 Å². The predicted octanol–water partition coefficient (Wildman–Crippen LogP) is 0.649. The van der Waals surface area contributed by atoms with Crippen LogP contribution in [0.25, 0.3) is 0 Å². The molecule has 11 heavy (non-hydrogen) atoms. The number of hydrogen-bond acceptors (Lipinski definition) is 2. The Hall–Kier alpha value is -1.71. The molecule has 4 heteroatoms. The standard InChI is InChI=1S/C7H8N2O2/c8-7(10)9-11-6-4-2-1-3-5-6/h1-5H,(H3,8,9,10). The van der Waals surface area contributed by atoms with Crippen molar-refractivity contribution in [2.24, 2.45) is 5.73 Å². The van der Waals surface area contributed by atoms with E-state index in [2.05, 4.69) is 0 Å². The Morgan fingerprint density at radius 2 is 2.00 bits per heavy atom. The number of hydrogen-bond donors (Lipinski definition) is 2. The van der Waals surface area contributed by atoms with Gasteiger partial charge in [-0.1, -0.05) is 18.2 Å². The fourth-order valence-corrected chi connectivity index (χ4v) is 0.598. The van der Waals surface area contributed by atoms with Crippen LogP contribution in [-0.4, -0.2) is 6.03 Å². The second-order valence-corrected chi connectivity index (χ2v) is 1.88. The average Bonchev–Trinajstić information content (AvgIpc) is 2.03. The van der Waals surface area contributed by atoms with Crippen molar-refractivity contribution in [1.29, 1.82) is 0 Å². The van der Waals surface area contributed by atoms with Gasteiger partial charge >= 0.3 is 6.03 Å². The van der Waals surface area contributed by atoms with Crippen LogP contribution < -0.4 is 16.1 Å². The summed E-state index contributed by atoms with van der Waals surface area (Å²) in [4.78, 5) is 14.9. The lowest BCUT2D eigenvalue weighted by atomic mass is 10.3. The molecule has 0 aliphatic carbocycles. The highest BCUT2D eigenvalue weighted by Gasteiger charge is 1.91. The summed E-state index contributed by atoms with van der Waals surface area (Å²) in [6, 6.07) is 8.12. The van der Waals surface area contributed by atoms with Crippen LogP contribution in [-0.2, 0) is 0 Å². The largest absolute Gasteiger partial charge is 0.378 e. The van der Waals surface area contributed by atoms with E-state index in [1.165, 1.54) is 0 Å². The molecule has 4 nitrogen and oxygen atoms in total. The van der Waals surface area contributed by atoms with Gasteiger partial charge in [0.15, 0.2) is 5.75 Å². The molecule has 0 aliphatic rings. The quantitative estimate of drug-likeness (QED) is 0.611. The Labute approximate surface area is 63.9 Å². The molecule has 2 amide bonds.